The van der Waals surface area contributed by atoms with Crippen LogP contribution in [0.1, 0.15) is 6.92 Å². The summed E-state index contributed by atoms with van der Waals surface area (Å²) in [5, 5.41) is 3.97. The molecule has 0 bridgehead atoms. The quantitative estimate of drug-likeness (QED) is 0.555. The zero-order chi connectivity index (χ0) is 20.9. The third kappa shape index (κ3) is 4.83. The van der Waals surface area contributed by atoms with Crippen molar-refractivity contribution in [2.24, 2.45) is 0 Å². The molecule has 0 aliphatic carbocycles. The van der Waals surface area contributed by atoms with E-state index in [0.29, 0.717) is 23.9 Å². The van der Waals surface area contributed by atoms with E-state index in [-0.39, 0.29) is 5.82 Å². The van der Waals surface area contributed by atoms with Crippen molar-refractivity contribution in [1.29, 1.82) is 0 Å². The summed E-state index contributed by atoms with van der Waals surface area (Å²) < 4.78 is 24.3. The molecule has 1 aromatic heterocycles. The summed E-state index contributed by atoms with van der Waals surface area (Å²) in [7, 11) is 0. The van der Waals surface area contributed by atoms with Crippen LogP contribution in [0, 0.1) is 5.82 Å². The fourth-order valence-corrected chi connectivity index (χ4v) is 3.54. The molecule has 2 heterocycles. The maximum atomic E-state index is 13.1. The maximum Gasteiger partial charge on any atom is 0.258 e. The molecule has 6 nitrogen and oxygen atoms in total. The van der Waals surface area contributed by atoms with Crippen LogP contribution in [-0.2, 0) is 0 Å². The summed E-state index contributed by atoms with van der Waals surface area (Å²) in [5.74, 6) is 1.23. The topological polar surface area (TPSA) is 54.6 Å². The van der Waals surface area contributed by atoms with E-state index in [0.717, 1.165) is 49.0 Å². The van der Waals surface area contributed by atoms with Crippen LogP contribution < -0.4 is 4.74 Å². The number of hydrogen-bond donors (Lipinski definition) is 0. The Morgan fingerprint density at radius 3 is 2.37 bits per heavy atom. The second-order valence-electron chi connectivity index (χ2n) is 7.06. The van der Waals surface area contributed by atoms with Gasteiger partial charge >= 0.3 is 0 Å². The van der Waals surface area contributed by atoms with Gasteiger partial charge in [0.2, 0.25) is 5.82 Å². The number of piperazine rings is 1. The summed E-state index contributed by atoms with van der Waals surface area (Å²) in [4.78, 5) is 9.84. The number of ether oxygens (including phenoxy) is 1. The molecule has 0 unspecified atom stereocenters. The lowest BCUT2D eigenvalue weighted by Crippen LogP contribution is -2.49. The Kier molecular flexibility index (Phi) is 6.35. The number of likely N-dealkylation sites (N-methyl/N-ethyl adjacent to an activating group) is 1. The molecule has 2 aromatic carbocycles. The zero-order valence-corrected chi connectivity index (χ0v) is 17.6. The smallest absolute Gasteiger partial charge is 0.258 e. The van der Waals surface area contributed by atoms with Gasteiger partial charge in [-0.15, -0.1) is 0 Å². The van der Waals surface area contributed by atoms with E-state index in [1.807, 2.05) is 24.3 Å². The van der Waals surface area contributed by atoms with Crippen LogP contribution in [0.3, 0.4) is 0 Å². The van der Waals surface area contributed by atoms with Gasteiger partial charge in [-0.25, -0.2) is 4.39 Å². The van der Waals surface area contributed by atoms with Gasteiger partial charge in [-0.2, -0.15) is 4.98 Å². The van der Waals surface area contributed by atoms with Crippen LogP contribution in [0.25, 0.3) is 22.8 Å². The van der Waals surface area contributed by atoms with Crippen molar-refractivity contribution >= 4 is 17.2 Å². The highest BCUT2D eigenvalue weighted by Gasteiger charge is 2.18. The Morgan fingerprint density at radius 2 is 1.70 bits per heavy atom. The van der Waals surface area contributed by atoms with Crippen molar-refractivity contribution in [2.45, 2.75) is 6.92 Å². The molecule has 0 N–H and O–H groups in total. The highest BCUT2D eigenvalue weighted by atomic mass is 32.1. The minimum Gasteiger partial charge on any atom is -0.486 e. The van der Waals surface area contributed by atoms with Gasteiger partial charge in [0.15, 0.2) is 0 Å². The first-order valence-electron chi connectivity index (χ1n) is 9.95. The van der Waals surface area contributed by atoms with E-state index >= 15 is 0 Å². The van der Waals surface area contributed by atoms with Crippen LogP contribution in [0.2, 0.25) is 0 Å². The second-order valence-corrected chi connectivity index (χ2v) is 7.53. The number of rotatable bonds is 6. The predicted octanol–water partition coefficient (Wildman–Crippen LogP) is 3.89. The fourth-order valence-electron chi connectivity index (χ4n) is 3.30. The molecule has 4 rings (SSSR count). The van der Waals surface area contributed by atoms with Crippen LogP contribution in [0.15, 0.2) is 53.1 Å². The van der Waals surface area contributed by atoms with Crippen molar-refractivity contribution < 1.29 is 13.7 Å². The van der Waals surface area contributed by atoms with Crippen LogP contribution in [0.5, 0.6) is 5.75 Å². The minimum atomic E-state index is -0.305. The lowest BCUT2D eigenvalue weighted by atomic mass is 10.2. The van der Waals surface area contributed by atoms with E-state index in [9.17, 15) is 4.39 Å². The monoisotopic (exact) mass is 426 g/mol. The number of nitrogens with zero attached hydrogens (tertiary/aromatic N) is 4. The van der Waals surface area contributed by atoms with Gasteiger partial charge in [-0.1, -0.05) is 24.3 Å². The van der Waals surface area contributed by atoms with Crippen molar-refractivity contribution in [3.05, 3.63) is 54.3 Å². The molecule has 1 aliphatic rings. The molecule has 0 atom stereocenters. The van der Waals surface area contributed by atoms with Crippen molar-refractivity contribution in [3.8, 4) is 28.6 Å². The maximum absolute atomic E-state index is 13.1. The largest absolute Gasteiger partial charge is 0.486 e. The molecule has 30 heavy (non-hydrogen) atoms. The zero-order valence-electron chi connectivity index (χ0n) is 16.8. The molecule has 0 spiro atoms. The van der Waals surface area contributed by atoms with Gasteiger partial charge in [0.25, 0.3) is 5.89 Å². The first-order chi connectivity index (χ1) is 14.6. The molecule has 3 aromatic rings. The lowest BCUT2D eigenvalue weighted by Gasteiger charge is -2.35. The molecular weight excluding hydrogens is 403 g/mol. The van der Waals surface area contributed by atoms with Crippen LogP contribution in [-0.4, -0.2) is 64.3 Å². The summed E-state index contributed by atoms with van der Waals surface area (Å²) in [6, 6.07) is 13.4. The molecular formula is C22H23FN4O2S. The molecule has 1 aliphatic heterocycles. The van der Waals surface area contributed by atoms with E-state index < -0.39 is 0 Å². The molecule has 156 valence electrons. The van der Waals surface area contributed by atoms with Crippen molar-refractivity contribution in [2.75, 3.05) is 39.3 Å². The van der Waals surface area contributed by atoms with Gasteiger partial charge < -0.3 is 19.1 Å². The lowest BCUT2D eigenvalue weighted by molar-refractivity contribution is 0.186. The van der Waals surface area contributed by atoms with Crippen molar-refractivity contribution in [3.63, 3.8) is 0 Å². The Hall–Kier alpha value is -2.84. The highest BCUT2D eigenvalue weighted by Crippen LogP contribution is 2.24. The fraction of sp³-hybridized carbons (Fsp3) is 0.318. The molecule has 1 saturated heterocycles. The highest BCUT2D eigenvalue weighted by molar-refractivity contribution is 7.80. The van der Waals surface area contributed by atoms with E-state index in [1.165, 1.54) is 12.1 Å². The number of thiocarbonyl (C=S) groups is 1. The standard InChI is InChI=1S/C22H23FN4O2S/c1-2-26-11-13-27(14-12-26)20(30)15-28-19-9-5-17(6-10-19)22-24-21(25-29-22)16-3-7-18(23)8-4-16/h3-10H,2,11-15H2,1H3. The summed E-state index contributed by atoms with van der Waals surface area (Å²) in [5.41, 5.74) is 1.47. The Bertz CT molecular complexity index is 983. The summed E-state index contributed by atoms with van der Waals surface area (Å²) in [6.45, 7) is 7.61. The minimum absolute atomic E-state index is 0.305. The van der Waals surface area contributed by atoms with Crippen LogP contribution >= 0.6 is 12.2 Å². The normalized spacial score (nSPS) is 14.7. The van der Waals surface area contributed by atoms with Crippen molar-refractivity contribution in [1.82, 2.24) is 19.9 Å². The van der Waals surface area contributed by atoms with E-state index in [2.05, 4.69) is 26.9 Å². The molecule has 0 radical (unpaired) electrons. The number of benzene rings is 2. The summed E-state index contributed by atoms with van der Waals surface area (Å²) >= 11 is 5.53. The van der Waals surface area contributed by atoms with Gasteiger partial charge in [0, 0.05) is 37.3 Å². The Morgan fingerprint density at radius 1 is 1.03 bits per heavy atom. The Balaban J connectivity index is 1.33. The van der Waals surface area contributed by atoms with E-state index in [4.69, 9.17) is 21.5 Å². The van der Waals surface area contributed by atoms with Gasteiger partial charge in [0.1, 0.15) is 23.2 Å². The SMILES string of the molecule is CCN1CCN(C(=S)COc2ccc(-c3nc(-c4ccc(F)cc4)no3)cc2)CC1. The first kappa shape index (κ1) is 20.4. The van der Waals surface area contributed by atoms with Gasteiger partial charge in [-0.05, 0) is 55.1 Å². The first-order valence-corrected chi connectivity index (χ1v) is 10.4. The number of hydrogen-bond acceptors (Lipinski definition) is 6. The summed E-state index contributed by atoms with van der Waals surface area (Å²) in [6.07, 6.45) is 0. The molecule has 0 amide bonds. The molecule has 1 fully saturated rings. The average molecular weight is 427 g/mol. The van der Waals surface area contributed by atoms with E-state index in [1.54, 1.807) is 12.1 Å². The third-order valence-corrected chi connectivity index (χ3v) is 5.54. The van der Waals surface area contributed by atoms with Crippen LogP contribution in [0.4, 0.5) is 4.39 Å². The number of aromatic nitrogens is 2. The van der Waals surface area contributed by atoms with Gasteiger partial charge in [-0.3, -0.25) is 0 Å². The average Bonchev–Trinajstić information content (AvgIpc) is 3.28. The second kappa shape index (κ2) is 9.32. The Labute approximate surface area is 180 Å². The predicted molar refractivity (Wildman–Crippen MR) is 117 cm³/mol. The molecule has 0 saturated carbocycles. The number of halogens is 1. The molecule has 8 heteroatoms. The third-order valence-electron chi connectivity index (χ3n) is 5.16. The van der Waals surface area contributed by atoms with Gasteiger partial charge in [0.05, 0.1) is 0 Å².